The Hall–Kier alpha value is -2.20. The Balaban J connectivity index is 1.99. The molecule has 0 saturated carbocycles. The lowest BCUT2D eigenvalue weighted by molar-refractivity contribution is 0.171. The SMILES string of the molecule is CCc1cccc(C(O)c2cc(OC)c3c(c2)OCO3)c1. The molecule has 0 spiro atoms. The standard InChI is InChI=1S/C17H18O4/c1-3-11-5-4-6-12(7-11)16(18)13-8-14(19-2)17-15(9-13)20-10-21-17/h4-9,16,18H,3,10H2,1-2H3. The van der Waals surface area contributed by atoms with E-state index in [9.17, 15) is 5.11 Å². The zero-order valence-electron chi connectivity index (χ0n) is 12.1. The van der Waals surface area contributed by atoms with Crippen LogP contribution in [0.5, 0.6) is 17.2 Å². The van der Waals surface area contributed by atoms with Gasteiger partial charge in [0.05, 0.1) is 7.11 Å². The van der Waals surface area contributed by atoms with Crippen LogP contribution >= 0.6 is 0 Å². The van der Waals surface area contributed by atoms with E-state index in [2.05, 4.69) is 13.0 Å². The molecule has 0 amide bonds. The molecule has 0 aliphatic carbocycles. The van der Waals surface area contributed by atoms with E-state index in [-0.39, 0.29) is 6.79 Å². The summed E-state index contributed by atoms with van der Waals surface area (Å²) in [6.07, 6.45) is 0.213. The second-order valence-electron chi connectivity index (χ2n) is 4.96. The fourth-order valence-electron chi connectivity index (χ4n) is 2.48. The van der Waals surface area contributed by atoms with Gasteiger partial charge in [-0.15, -0.1) is 0 Å². The Labute approximate surface area is 123 Å². The van der Waals surface area contributed by atoms with Crippen LogP contribution in [0.25, 0.3) is 0 Å². The average Bonchev–Trinajstić information content (AvgIpc) is 3.01. The lowest BCUT2D eigenvalue weighted by Crippen LogP contribution is -2.01. The van der Waals surface area contributed by atoms with Crippen LogP contribution in [0.2, 0.25) is 0 Å². The van der Waals surface area contributed by atoms with Gasteiger partial charge in [0, 0.05) is 0 Å². The van der Waals surface area contributed by atoms with Crippen LogP contribution in [-0.2, 0) is 6.42 Å². The molecule has 1 atom stereocenters. The Kier molecular flexibility index (Phi) is 3.71. The van der Waals surface area contributed by atoms with Crippen molar-refractivity contribution in [1.29, 1.82) is 0 Å². The molecule has 1 aliphatic heterocycles. The van der Waals surface area contributed by atoms with Gasteiger partial charge in [-0.25, -0.2) is 0 Å². The molecule has 1 N–H and O–H groups in total. The summed E-state index contributed by atoms with van der Waals surface area (Å²) in [4.78, 5) is 0. The van der Waals surface area contributed by atoms with E-state index in [1.165, 1.54) is 5.56 Å². The van der Waals surface area contributed by atoms with Gasteiger partial charge in [-0.2, -0.15) is 0 Å². The van der Waals surface area contributed by atoms with Crippen LogP contribution in [0.15, 0.2) is 36.4 Å². The van der Waals surface area contributed by atoms with Gasteiger partial charge in [0.1, 0.15) is 6.10 Å². The van der Waals surface area contributed by atoms with Gasteiger partial charge < -0.3 is 19.3 Å². The van der Waals surface area contributed by atoms with Crippen molar-refractivity contribution < 1.29 is 19.3 Å². The van der Waals surface area contributed by atoms with Gasteiger partial charge in [-0.05, 0) is 35.2 Å². The van der Waals surface area contributed by atoms with E-state index in [4.69, 9.17) is 14.2 Å². The fraction of sp³-hybridized carbons (Fsp3) is 0.294. The number of hydrogen-bond donors (Lipinski definition) is 1. The van der Waals surface area contributed by atoms with Crippen molar-refractivity contribution in [1.82, 2.24) is 0 Å². The molecule has 0 aromatic heterocycles. The van der Waals surface area contributed by atoms with Crippen molar-refractivity contribution in [3.8, 4) is 17.2 Å². The van der Waals surface area contributed by atoms with Crippen LogP contribution in [0.3, 0.4) is 0 Å². The lowest BCUT2D eigenvalue weighted by Gasteiger charge is -2.15. The third-order valence-electron chi connectivity index (χ3n) is 3.67. The molecule has 1 aliphatic rings. The van der Waals surface area contributed by atoms with Crippen molar-refractivity contribution in [2.45, 2.75) is 19.4 Å². The van der Waals surface area contributed by atoms with Crippen LogP contribution in [0.1, 0.15) is 29.7 Å². The second-order valence-corrected chi connectivity index (χ2v) is 4.96. The van der Waals surface area contributed by atoms with E-state index in [0.717, 1.165) is 17.5 Å². The van der Waals surface area contributed by atoms with Gasteiger partial charge in [0.2, 0.25) is 12.5 Å². The lowest BCUT2D eigenvalue weighted by atomic mass is 9.98. The van der Waals surface area contributed by atoms with E-state index in [0.29, 0.717) is 17.2 Å². The molecule has 21 heavy (non-hydrogen) atoms. The average molecular weight is 286 g/mol. The molecule has 2 aromatic carbocycles. The molecule has 2 aromatic rings. The van der Waals surface area contributed by atoms with Crippen molar-refractivity contribution >= 4 is 0 Å². The molecule has 0 radical (unpaired) electrons. The number of rotatable bonds is 4. The first kappa shape index (κ1) is 13.8. The number of aliphatic hydroxyl groups is 1. The topological polar surface area (TPSA) is 47.9 Å². The summed E-state index contributed by atoms with van der Waals surface area (Å²) in [6.45, 7) is 2.27. The maximum Gasteiger partial charge on any atom is 0.231 e. The first-order valence-electron chi connectivity index (χ1n) is 6.97. The number of hydrogen-bond acceptors (Lipinski definition) is 4. The molecule has 1 unspecified atom stereocenters. The number of fused-ring (bicyclic) bond motifs is 1. The minimum absolute atomic E-state index is 0.177. The molecule has 0 fully saturated rings. The Morgan fingerprint density at radius 3 is 2.81 bits per heavy atom. The van der Waals surface area contributed by atoms with Crippen LogP contribution < -0.4 is 14.2 Å². The first-order valence-corrected chi connectivity index (χ1v) is 6.97. The van der Waals surface area contributed by atoms with Crippen molar-refractivity contribution in [3.63, 3.8) is 0 Å². The maximum atomic E-state index is 10.6. The number of aryl methyl sites for hydroxylation is 1. The van der Waals surface area contributed by atoms with Crippen LogP contribution in [0, 0.1) is 0 Å². The highest BCUT2D eigenvalue weighted by molar-refractivity contribution is 5.56. The largest absolute Gasteiger partial charge is 0.493 e. The summed E-state index contributed by atoms with van der Waals surface area (Å²) >= 11 is 0. The summed E-state index contributed by atoms with van der Waals surface area (Å²) in [5.74, 6) is 1.77. The molecule has 3 rings (SSSR count). The molecule has 0 saturated heterocycles. The zero-order valence-corrected chi connectivity index (χ0v) is 12.1. The number of aliphatic hydroxyl groups excluding tert-OH is 1. The van der Waals surface area contributed by atoms with Crippen molar-refractivity contribution in [2.24, 2.45) is 0 Å². The molecule has 4 nitrogen and oxygen atoms in total. The molecule has 110 valence electrons. The number of methoxy groups -OCH3 is 1. The summed E-state index contributed by atoms with van der Waals surface area (Å²) in [5, 5.41) is 10.6. The fourth-order valence-corrected chi connectivity index (χ4v) is 2.48. The number of benzene rings is 2. The molecular weight excluding hydrogens is 268 g/mol. The van der Waals surface area contributed by atoms with Gasteiger partial charge in [-0.1, -0.05) is 31.2 Å². The van der Waals surface area contributed by atoms with Gasteiger partial charge in [0.15, 0.2) is 11.5 Å². The van der Waals surface area contributed by atoms with Gasteiger partial charge in [-0.3, -0.25) is 0 Å². The third-order valence-corrected chi connectivity index (χ3v) is 3.67. The van der Waals surface area contributed by atoms with Crippen LogP contribution in [-0.4, -0.2) is 19.0 Å². The molecule has 1 heterocycles. The summed E-state index contributed by atoms with van der Waals surface area (Å²) in [6, 6.07) is 11.5. The minimum Gasteiger partial charge on any atom is -0.493 e. The zero-order chi connectivity index (χ0) is 14.8. The van der Waals surface area contributed by atoms with E-state index >= 15 is 0 Å². The molecule has 0 bridgehead atoms. The normalized spacial score (nSPS) is 14.0. The van der Waals surface area contributed by atoms with E-state index in [1.54, 1.807) is 19.2 Å². The monoisotopic (exact) mass is 286 g/mol. The van der Waals surface area contributed by atoms with E-state index in [1.807, 2.05) is 18.2 Å². The summed E-state index contributed by atoms with van der Waals surface area (Å²) < 4.78 is 16.1. The Bertz CT molecular complexity index is 651. The highest BCUT2D eigenvalue weighted by atomic mass is 16.7. The highest BCUT2D eigenvalue weighted by Gasteiger charge is 2.23. The Morgan fingerprint density at radius 1 is 1.19 bits per heavy atom. The van der Waals surface area contributed by atoms with Crippen molar-refractivity contribution in [2.75, 3.05) is 13.9 Å². The smallest absolute Gasteiger partial charge is 0.231 e. The van der Waals surface area contributed by atoms with Gasteiger partial charge in [0.25, 0.3) is 0 Å². The predicted molar refractivity (Wildman–Crippen MR) is 79.0 cm³/mol. The highest BCUT2D eigenvalue weighted by Crippen LogP contribution is 2.43. The quantitative estimate of drug-likeness (QED) is 0.938. The summed E-state index contributed by atoms with van der Waals surface area (Å²) in [7, 11) is 1.57. The van der Waals surface area contributed by atoms with Gasteiger partial charge >= 0.3 is 0 Å². The Morgan fingerprint density at radius 2 is 2.05 bits per heavy atom. The minimum atomic E-state index is -0.722. The maximum absolute atomic E-state index is 10.6. The third kappa shape index (κ3) is 2.54. The second kappa shape index (κ2) is 5.66. The predicted octanol–water partition coefficient (Wildman–Crippen LogP) is 3.07. The first-order chi connectivity index (χ1) is 10.2. The van der Waals surface area contributed by atoms with Crippen molar-refractivity contribution in [3.05, 3.63) is 53.1 Å². The van der Waals surface area contributed by atoms with E-state index < -0.39 is 6.10 Å². The van der Waals surface area contributed by atoms with Crippen LogP contribution in [0.4, 0.5) is 0 Å². The molecular formula is C17H18O4. The molecule has 4 heteroatoms. The number of ether oxygens (including phenoxy) is 3. The summed E-state index contributed by atoms with van der Waals surface area (Å²) in [5.41, 5.74) is 2.78.